The van der Waals surface area contributed by atoms with Gasteiger partial charge in [-0.2, -0.15) is 0 Å². The number of carbonyl (C=O) groups excluding carboxylic acids is 1. The van der Waals surface area contributed by atoms with E-state index in [4.69, 9.17) is 11.6 Å². The number of rotatable bonds is 4. The second kappa shape index (κ2) is 6.68. The van der Waals surface area contributed by atoms with Gasteiger partial charge in [-0.25, -0.2) is 8.42 Å². The average Bonchev–Trinajstić information content (AvgIpc) is 2.39. The lowest BCUT2D eigenvalue weighted by molar-refractivity contribution is 0.102. The van der Waals surface area contributed by atoms with Gasteiger partial charge in [0.05, 0.1) is 22.5 Å². The topological polar surface area (TPSA) is 75.3 Å². The summed E-state index contributed by atoms with van der Waals surface area (Å²) in [7, 11) is -3.40. The standard InChI is InChI=1S/C14H12BrClN2O3S/c1-22(20,21)18-9-6-7-10(12(16)8-9)14(19)17-13-5-3-2-4-11(13)15/h2-8,18H,1H3,(H,17,19). The maximum absolute atomic E-state index is 12.2. The van der Waals surface area contributed by atoms with E-state index in [0.29, 0.717) is 11.4 Å². The molecule has 0 aliphatic heterocycles. The largest absolute Gasteiger partial charge is 0.321 e. The number of anilines is 2. The molecule has 2 N–H and O–H groups in total. The van der Waals surface area contributed by atoms with Crippen LogP contribution in [0.25, 0.3) is 0 Å². The van der Waals surface area contributed by atoms with Crippen LogP contribution in [0.15, 0.2) is 46.9 Å². The third kappa shape index (κ3) is 4.46. The summed E-state index contributed by atoms with van der Waals surface area (Å²) < 4.78 is 25.4. The lowest BCUT2D eigenvalue weighted by Gasteiger charge is -2.10. The third-order valence-electron chi connectivity index (χ3n) is 2.64. The molecule has 0 aliphatic rings. The van der Waals surface area contributed by atoms with Gasteiger partial charge in [0.25, 0.3) is 5.91 Å². The molecule has 5 nitrogen and oxygen atoms in total. The zero-order valence-electron chi connectivity index (χ0n) is 11.4. The molecule has 1 amide bonds. The monoisotopic (exact) mass is 402 g/mol. The predicted octanol–water partition coefficient (Wildman–Crippen LogP) is 3.73. The Balaban J connectivity index is 2.22. The molecule has 0 saturated heterocycles. The normalized spacial score (nSPS) is 11.0. The van der Waals surface area contributed by atoms with Gasteiger partial charge >= 0.3 is 0 Å². The zero-order valence-corrected chi connectivity index (χ0v) is 14.6. The minimum atomic E-state index is -3.40. The van der Waals surface area contributed by atoms with E-state index in [1.807, 2.05) is 6.07 Å². The highest BCUT2D eigenvalue weighted by Gasteiger charge is 2.13. The van der Waals surface area contributed by atoms with Crippen LogP contribution in [-0.4, -0.2) is 20.6 Å². The van der Waals surface area contributed by atoms with E-state index in [2.05, 4.69) is 26.0 Å². The molecule has 0 fully saturated rings. The van der Waals surface area contributed by atoms with Crippen LogP contribution in [0.3, 0.4) is 0 Å². The highest BCUT2D eigenvalue weighted by molar-refractivity contribution is 9.10. The lowest BCUT2D eigenvalue weighted by Crippen LogP contribution is -2.14. The number of benzene rings is 2. The van der Waals surface area contributed by atoms with Gasteiger partial charge in [-0.3, -0.25) is 9.52 Å². The van der Waals surface area contributed by atoms with Crippen LogP contribution in [0.5, 0.6) is 0 Å². The summed E-state index contributed by atoms with van der Waals surface area (Å²) in [5, 5.41) is 2.88. The molecule has 0 spiro atoms. The molecule has 0 bridgehead atoms. The third-order valence-corrected chi connectivity index (χ3v) is 4.25. The van der Waals surface area contributed by atoms with Crippen molar-refractivity contribution in [3.05, 3.63) is 57.5 Å². The molecular formula is C14H12BrClN2O3S. The van der Waals surface area contributed by atoms with Crippen LogP contribution < -0.4 is 10.0 Å². The summed E-state index contributed by atoms with van der Waals surface area (Å²) in [6.07, 6.45) is 1.04. The Morgan fingerprint density at radius 2 is 1.86 bits per heavy atom. The Kier molecular flexibility index (Phi) is 5.10. The van der Waals surface area contributed by atoms with Gasteiger partial charge in [-0.05, 0) is 46.3 Å². The van der Waals surface area contributed by atoms with E-state index in [0.717, 1.165) is 10.7 Å². The minimum Gasteiger partial charge on any atom is -0.321 e. The molecule has 116 valence electrons. The average molecular weight is 404 g/mol. The number of sulfonamides is 1. The molecule has 0 unspecified atom stereocenters. The van der Waals surface area contributed by atoms with E-state index < -0.39 is 10.0 Å². The van der Waals surface area contributed by atoms with Crippen LogP contribution in [0, 0.1) is 0 Å². The minimum absolute atomic E-state index is 0.151. The van der Waals surface area contributed by atoms with Crippen molar-refractivity contribution in [3.8, 4) is 0 Å². The Morgan fingerprint density at radius 3 is 2.45 bits per heavy atom. The van der Waals surface area contributed by atoms with Gasteiger partial charge < -0.3 is 5.32 Å². The van der Waals surface area contributed by atoms with E-state index in [1.165, 1.54) is 18.2 Å². The molecule has 0 radical (unpaired) electrons. The summed E-state index contributed by atoms with van der Waals surface area (Å²) in [6, 6.07) is 11.5. The molecule has 22 heavy (non-hydrogen) atoms. The number of amides is 1. The van der Waals surface area contributed by atoms with Crippen LogP contribution in [-0.2, 0) is 10.0 Å². The van der Waals surface area contributed by atoms with Gasteiger partial charge in [0.1, 0.15) is 0 Å². The maximum atomic E-state index is 12.2. The van der Waals surface area contributed by atoms with Gasteiger partial charge in [0, 0.05) is 10.2 Å². The van der Waals surface area contributed by atoms with E-state index in [-0.39, 0.29) is 16.5 Å². The SMILES string of the molecule is CS(=O)(=O)Nc1ccc(C(=O)Nc2ccccc2Br)c(Cl)c1. The first-order chi connectivity index (χ1) is 10.3. The number of para-hydroxylation sites is 1. The quantitative estimate of drug-likeness (QED) is 0.817. The molecule has 0 heterocycles. The number of hydrogen-bond donors (Lipinski definition) is 2. The summed E-state index contributed by atoms with van der Waals surface area (Å²) in [6.45, 7) is 0. The van der Waals surface area contributed by atoms with E-state index >= 15 is 0 Å². The first-order valence-corrected chi connectivity index (χ1v) is 9.16. The molecule has 0 atom stereocenters. The number of nitrogens with one attached hydrogen (secondary N) is 2. The molecule has 0 saturated carbocycles. The van der Waals surface area contributed by atoms with Gasteiger partial charge in [0.15, 0.2) is 0 Å². The summed E-state index contributed by atoms with van der Waals surface area (Å²) in [4.78, 5) is 12.2. The van der Waals surface area contributed by atoms with Crippen molar-refractivity contribution < 1.29 is 13.2 Å². The number of carbonyl (C=O) groups is 1. The van der Waals surface area contributed by atoms with Crippen molar-refractivity contribution in [2.75, 3.05) is 16.3 Å². The predicted molar refractivity (Wildman–Crippen MR) is 92.0 cm³/mol. The Hall–Kier alpha value is -1.57. The zero-order chi connectivity index (χ0) is 16.3. The number of halogens is 2. The summed E-state index contributed by atoms with van der Waals surface area (Å²) in [5.41, 5.74) is 1.16. The summed E-state index contributed by atoms with van der Waals surface area (Å²) in [5.74, 6) is -0.386. The fourth-order valence-corrected chi connectivity index (χ4v) is 2.93. The fourth-order valence-electron chi connectivity index (χ4n) is 1.73. The van der Waals surface area contributed by atoms with Crippen LogP contribution in [0.4, 0.5) is 11.4 Å². The van der Waals surface area contributed by atoms with Crippen molar-refractivity contribution in [1.29, 1.82) is 0 Å². The van der Waals surface area contributed by atoms with Crippen molar-refractivity contribution in [3.63, 3.8) is 0 Å². The van der Waals surface area contributed by atoms with Crippen LogP contribution in [0.2, 0.25) is 5.02 Å². The molecule has 2 aromatic rings. The smallest absolute Gasteiger partial charge is 0.257 e. The highest BCUT2D eigenvalue weighted by Crippen LogP contribution is 2.25. The molecule has 2 aromatic carbocycles. The van der Waals surface area contributed by atoms with Crippen LogP contribution >= 0.6 is 27.5 Å². The molecular weight excluding hydrogens is 392 g/mol. The van der Waals surface area contributed by atoms with Gasteiger partial charge in [-0.15, -0.1) is 0 Å². The molecule has 2 rings (SSSR count). The van der Waals surface area contributed by atoms with E-state index in [9.17, 15) is 13.2 Å². The second-order valence-electron chi connectivity index (χ2n) is 4.50. The Labute approximate surface area is 141 Å². The first kappa shape index (κ1) is 16.8. The lowest BCUT2D eigenvalue weighted by atomic mass is 10.2. The second-order valence-corrected chi connectivity index (χ2v) is 7.51. The van der Waals surface area contributed by atoms with Crippen molar-refractivity contribution in [1.82, 2.24) is 0 Å². The maximum Gasteiger partial charge on any atom is 0.257 e. The highest BCUT2D eigenvalue weighted by atomic mass is 79.9. The Morgan fingerprint density at radius 1 is 1.18 bits per heavy atom. The number of hydrogen-bond acceptors (Lipinski definition) is 3. The summed E-state index contributed by atoms with van der Waals surface area (Å²) >= 11 is 9.39. The Bertz CT molecular complexity index is 825. The van der Waals surface area contributed by atoms with E-state index in [1.54, 1.807) is 18.2 Å². The van der Waals surface area contributed by atoms with Crippen molar-refractivity contribution in [2.45, 2.75) is 0 Å². The van der Waals surface area contributed by atoms with Gasteiger partial charge in [-0.1, -0.05) is 23.7 Å². The molecule has 0 aromatic heterocycles. The van der Waals surface area contributed by atoms with Crippen molar-refractivity contribution >= 4 is 54.8 Å². The molecule has 8 heteroatoms. The van der Waals surface area contributed by atoms with Crippen LogP contribution in [0.1, 0.15) is 10.4 Å². The first-order valence-electron chi connectivity index (χ1n) is 6.09. The van der Waals surface area contributed by atoms with Crippen molar-refractivity contribution in [2.24, 2.45) is 0 Å². The van der Waals surface area contributed by atoms with Gasteiger partial charge in [0.2, 0.25) is 10.0 Å². The fraction of sp³-hybridized carbons (Fsp3) is 0.0714. The molecule has 0 aliphatic carbocycles.